The predicted octanol–water partition coefficient (Wildman–Crippen LogP) is 7.07. The van der Waals surface area contributed by atoms with Crippen molar-refractivity contribution in [2.75, 3.05) is 18.9 Å². The number of aryl methyl sites for hydroxylation is 1. The van der Waals surface area contributed by atoms with Crippen molar-refractivity contribution in [2.24, 2.45) is 0 Å². The van der Waals surface area contributed by atoms with Gasteiger partial charge in [0.15, 0.2) is 0 Å². The van der Waals surface area contributed by atoms with E-state index in [0.717, 1.165) is 74.6 Å². The predicted molar refractivity (Wildman–Crippen MR) is 208 cm³/mol. The van der Waals surface area contributed by atoms with Gasteiger partial charge in [-0.1, -0.05) is 43.9 Å². The summed E-state index contributed by atoms with van der Waals surface area (Å²) in [6.07, 6.45) is 4.67. The Kier molecular flexibility index (Phi) is 11.8. The topological polar surface area (TPSA) is 150 Å². The van der Waals surface area contributed by atoms with Crippen LogP contribution in [0.15, 0.2) is 54.7 Å². The van der Waals surface area contributed by atoms with Crippen LogP contribution in [0.3, 0.4) is 0 Å². The fraction of sp³-hybridized carbons (Fsp3) is 0.395. The van der Waals surface area contributed by atoms with Crippen LogP contribution in [-0.2, 0) is 28.7 Å². The van der Waals surface area contributed by atoms with Gasteiger partial charge in [0.2, 0.25) is 11.8 Å². The van der Waals surface area contributed by atoms with Crippen molar-refractivity contribution in [1.29, 1.82) is 0 Å². The molecule has 15 heteroatoms. The van der Waals surface area contributed by atoms with E-state index in [0.29, 0.717) is 37.2 Å². The fourth-order valence-electron chi connectivity index (χ4n) is 7.84. The van der Waals surface area contributed by atoms with Crippen molar-refractivity contribution in [2.45, 2.75) is 95.4 Å². The van der Waals surface area contributed by atoms with Crippen molar-refractivity contribution < 1.29 is 41.5 Å². The highest BCUT2D eigenvalue weighted by atomic mass is 19.4. The SMILES string of the molecule is CNc1c(C(=O)NC2CC2)cnc2cc(C(F)(F)F)c(-c3ccc(C(=O)NCCCCCCCCc4cccc5c4CN(C4CCC(=O)NC4=O)C5=O)c(F)c3)cc12. The molecule has 1 saturated carbocycles. The second-order valence-electron chi connectivity index (χ2n) is 15.1. The van der Waals surface area contributed by atoms with Gasteiger partial charge in [-0.3, -0.25) is 34.3 Å². The van der Waals surface area contributed by atoms with Gasteiger partial charge in [-0.25, -0.2) is 4.39 Å². The molecule has 1 aromatic heterocycles. The van der Waals surface area contributed by atoms with Crippen LogP contribution >= 0.6 is 0 Å². The molecular formula is C43H44F4N6O5. The summed E-state index contributed by atoms with van der Waals surface area (Å²) in [7, 11) is 1.55. The molecule has 2 fully saturated rings. The number of alkyl halides is 3. The van der Waals surface area contributed by atoms with E-state index in [4.69, 9.17) is 0 Å². The quantitative estimate of drug-likeness (QED) is 0.0571. The molecule has 0 bridgehead atoms. The summed E-state index contributed by atoms with van der Waals surface area (Å²) in [6, 6.07) is 10.5. The van der Waals surface area contributed by atoms with E-state index < -0.39 is 41.3 Å². The number of nitrogens with one attached hydrogen (secondary N) is 4. The number of hydrogen-bond acceptors (Lipinski definition) is 7. The molecule has 7 rings (SSSR count). The van der Waals surface area contributed by atoms with Crippen LogP contribution in [0, 0.1) is 5.82 Å². The first-order valence-electron chi connectivity index (χ1n) is 19.7. The Balaban J connectivity index is 0.895. The highest BCUT2D eigenvalue weighted by Gasteiger charge is 2.40. The van der Waals surface area contributed by atoms with Gasteiger partial charge in [0.1, 0.15) is 11.9 Å². The van der Waals surface area contributed by atoms with E-state index in [-0.39, 0.29) is 57.4 Å². The summed E-state index contributed by atoms with van der Waals surface area (Å²) < 4.78 is 58.3. The summed E-state index contributed by atoms with van der Waals surface area (Å²) in [6.45, 7) is 0.645. The first-order chi connectivity index (χ1) is 27.8. The molecule has 3 heterocycles. The molecule has 304 valence electrons. The lowest BCUT2D eigenvalue weighted by Crippen LogP contribution is -2.52. The zero-order valence-corrected chi connectivity index (χ0v) is 32.0. The standard InChI is InChI=1S/C43H44F4N6O5/c1-48-38-30-20-29(33(43(45,46)47)21-35(30)50-22-31(38)40(56)51-26-13-14-26)25-12-15-28(34(44)19-25)39(55)49-18-7-5-3-2-4-6-9-24-10-8-11-27-32(24)23-53(42(27)58)36-16-17-37(54)52-41(36)57/h8,10-12,15,19-22,26,36H,2-7,9,13-14,16-18,23H2,1H3,(H,48,50)(H,49,55)(H,51,56)(H,52,54,57). The van der Waals surface area contributed by atoms with E-state index in [1.54, 1.807) is 18.0 Å². The number of unbranched alkanes of at least 4 members (excludes halogenated alkanes) is 5. The molecule has 4 N–H and O–H groups in total. The van der Waals surface area contributed by atoms with Crippen molar-refractivity contribution >= 4 is 46.1 Å². The zero-order chi connectivity index (χ0) is 41.1. The number of piperidine rings is 1. The summed E-state index contributed by atoms with van der Waals surface area (Å²) >= 11 is 0. The van der Waals surface area contributed by atoms with Crippen LogP contribution in [0.25, 0.3) is 22.0 Å². The largest absolute Gasteiger partial charge is 0.417 e. The number of benzene rings is 3. The molecule has 0 spiro atoms. The number of rotatable bonds is 15. The minimum absolute atomic E-state index is 0.00951. The Morgan fingerprint density at radius 1 is 0.897 bits per heavy atom. The van der Waals surface area contributed by atoms with Gasteiger partial charge in [0, 0.05) is 49.7 Å². The molecule has 3 aromatic carbocycles. The smallest absolute Gasteiger partial charge is 0.387 e. The van der Waals surface area contributed by atoms with E-state index in [9.17, 15) is 37.1 Å². The molecule has 0 radical (unpaired) electrons. The van der Waals surface area contributed by atoms with Crippen LogP contribution in [-0.4, -0.2) is 65.1 Å². The number of pyridine rings is 1. The van der Waals surface area contributed by atoms with Gasteiger partial charge in [-0.2, -0.15) is 13.2 Å². The summed E-state index contributed by atoms with van der Waals surface area (Å²) in [5.41, 5.74) is 1.38. The minimum Gasteiger partial charge on any atom is -0.387 e. The second-order valence-corrected chi connectivity index (χ2v) is 15.1. The number of halogens is 4. The molecule has 5 amide bonds. The van der Waals surface area contributed by atoms with Gasteiger partial charge < -0.3 is 20.9 Å². The maximum Gasteiger partial charge on any atom is 0.417 e. The number of carbonyl (C=O) groups excluding carboxylic acids is 5. The second kappa shape index (κ2) is 16.9. The molecule has 2 aliphatic heterocycles. The first-order valence-corrected chi connectivity index (χ1v) is 19.7. The van der Waals surface area contributed by atoms with Gasteiger partial charge in [0.25, 0.3) is 17.7 Å². The Morgan fingerprint density at radius 2 is 1.66 bits per heavy atom. The number of aromatic nitrogens is 1. The number of fused-ring (bicyclic) bond motifs is 2. The molecule has 3 aliphatic rings. The van der Waals surface area contributed by atoms with Crippen LogP contribution in [0.2, 0.25) is 0 Å². The highest BCUT2D eigenvalue weighted by Crippen LogP contribution is 2.41. The maximum atomic E-state index is 15.4. The first kappa shape index (κ1) is 40.3. The summed E-state index contributed by atoms with van der Waals surface area (Å²) in [5, 5.41) is 11.1. The third kappa shape index (κ3) is 8.67. The molecule has 1 saturated heterocycles. The number of nitrogens with zero attached hydrogens (tertiary/aromatic N) is 2. The molecular weight excluding hydrogens is 757 g/mol. The minimum atomic E-state index is -4.80. The number of amides is 5. The van der Waals surface area contributed by atoms with E-state index >= 15 is 4.39 Å². The lowest BCUT2D eigenvalue weighted by molar-refractivity contribution is -0.138. The van der Waals surface area contributed by atoms with Crippen molar-refractivity contribution in [3.05, 3.63) is 93.9 Å². The third-order valence-electron chi connectivity index (χ3n) is 11.1. The molecule has 58 heavy (non-hydrogen) atoms. The van der Waals surface area contributed by atoms with Crippen molar-refractivity contribution in [1.82, 2.24) is 25.8 Å². The van der Waals surface area contributed by atoms with Crippen LogP contribution in [0.1, 0.15) is 112 Å². The summed E-state index contributed by atoms with van der Waals surface area (Å²) in [4.78, 5) is 68.5. The van der Waals surface area contributed by atoms with Gasteiger partial charge >= 0.3 is 6.18 Å². The van der Waals surface area contributed by atoms with Crippen LogP contribution in [0.4, 0.5) is 23.2 Å². The lowest BCUT2D eigenvalue weighted by atomic mass is 9.94. The van der Waals surface area contributed by atoms with Gasteiger partial charge in [-0.05, 0) is 91.1 Å². The van der Waals surface area contributed by atoms with Crippen LogP contribution < -0.4 is 21.3 Å². The molecule has 11 nitrogen and oxygen atoms in total. The molecule has 1 atom stereocenters. The fourth-order valence-corrected chi connectivity index (χ4v) is 7.84. The number of carbonyl (C=O) groups is 5. The normalized spacial score (nSPS) is 16.7. The number of imide groups is 1. The highest BCUT2D eigenvalue weighted by molar-refractivity contribution is 6.08. The van der Waals surface area contributed by atoms with Crippen molar-refractivity contribution in [3.63, 3.8) is 0 Å². The Bertz CT molecular complexity index is 2290. The van der Waals surface area contributed by atoms with E-state index in [1.807, 2.05) is 12.1 Å². The number of hydrogen-bond donors (Lipinski definition) is 4. The monoisotopic (exact) mass is 800 g/mol. The molecule has 1 aliphatic carbocycles. The Hall–Kier alpha value is -5.86. The van der Waals surface area contributed by atoms with E-state index in [1.165, 1.54) is 24.4 Å². The van der Waals surface area contributed by atoms with Gasteiger partial charge in [-0.15, -0.1) is 0 Å². The number of anilines is 1. The van der Waals surface area contributed by atoms with E-state index in [2.05, 4.69) is 26.3 Å². The van der Waals surface area contributed by atoms with Gasteiger partial charge in [0.05, 0.1) is 27.9 Å². The zero-order valence-electron chi connectivity index (χ0n) is 32.0. The average molecular weight is 801 g/mol. The summed E-state index contributed by atoms with van der Waals surface area (Å²) in [5.74, 6) is -2.97. The third-order valence-corrected chi connectivity index (χ3v) is 11.1. The van der Waals surface area contributed by atoms with Crippen molar-refractivity contribution in [3.8, 4) is 11.1 Å². The molecule has 1 unspecified atom stereocenters. The average Bonchev–Trinajstić information content (AvgIpc) is 3.95. The molecule has 4 aromatic rings. The van der Waals surface area contributed by atoms with Crippen LogP contribution in [0.5, 0.6) is 0 Å². The Labute approximate surface area is 332 Å². The Morgan fingerprint density at radius 3 is 2.36 bits per heavy atom. The lowest BCUT2D eigenvalue weighted by Gasteiger charge is -2.29. The maximum absolute atomic E-state index is 15.4.